The Morgan fingerprint density at radius 2 is 1.86 bits per heavy atom. The number of fused-ring (bicyclic) bond motifs is 1. The third-order valence-electron chi connectivity index (χ3n) is 3.44. The number of nitrogens with zero attached hydrogens (tertiary/aromatic N) is 1. The molecule has 21 heavy (non-hydrogen) atoms. The summed E-state index contributed by atoms with van der Waals surface area (Å²) in [6, 6.07) is 16.3. The minimum absolute atomic E-state index is 0.904. The Morgan fingerprint density at radius 1 is 1.05 bits per heavy atom. The highest BCUT2D eigenvalue weighted by atomic mass is 14.9. The van der Waals surface area contributed by atoms with Crippen molar-refractivity contribution < 1.29 is 0 Å². The van der Waals surface area contributed by atoms with E-state index in [4.69, 9.17) is 0 Å². The smallest absolute Gasteiger partial charge is 0.138 e. The minimum Gasteiger partial charge on any atom is -0.338 e. The van der Waals surface area contributed by atoms with Gasteiger partial charge in [0.2, 0.25) is 0 Å². The highest BCUT2D eigenvalue weighted by molar-refractivity contribution is 5.79. The van der Waals surface area contributed by atoms with Crippen LogP contribution < -0.4 is 0 Å². The van der Waals surface area contributed by atoms with Crippen molar-refractivity contribution in [3.05, 3.63) is 54.1 Å². The average molecular weight is 274 g/mol. The molecule has 1 heterocycles. The Labute approximate surface area is 125 Å². The number of para-hydroxylation sites is 2. The van der Waals surface area contributed by atoms with Crippen molar-refractivity contribution in [3.63, 3.8) is 0 Å². The molecule has 0 fully saturated rings. The molecule has 1 aromatic heterocycles. The molecule has 0 unspecified atom stereocenters. The van der Waals surface area contributed by atoms with Crippen molar-refractivity contribution in [2.24, 2.45) is 0 Å². The molecule has 0 aliphatic heterocycles. The normalized spacial score (nSPS) is 10.3. The van der Waals surface area contributed by atoms with Gasteiger partial charge in [0.25, 0.3) is 0 Å². The van der Waals surface area contributed by atoms with Crippen LogP contribution >= 0.6 is 0 Å². The number of unbranched alkanes of at least 4 members (excludes halogenated alkanes) is 2. The van der Waals surface area contributed by atoms with Crippen LogP contribution in [0.3, 0.4) is 0 Å². The second kappa shape index (κ2) is 6.28. The number of aromatic nitrogens is 2. The Bertz CT molecular complexity index is 753. The number of hydrogen-bond donors (Lipinski definition) is 1. The largest absolute Gasteiger partial charge is 0.338 e. The molecule has 2 heteroatoms. The Balaban J connectivity index is 1.81. The van der Waals surface area contributed by atoms with Crippen LogP contribution in [0.25, 0.3) is 22.4 Å². The lowest BCUT2D eigenvalue weighted by atomic mass is 10.1. The molecular weight excluding hydrogens is 256 g/mol. The topological polar surface area (TPSA) is 28.7 Å². The number of hydrogen-bond acceptors (Lipinski definition) is 1. The monoisotopic (exact) mass is 274 g/mol. The quantitative estimate of drug-likeness (QED) is 0.541. The average Bonchev–Trinajstić information content (AvgIpc) is 2.96. The third kappa shape index (κ3) is 3.14. The fourth-order valence-electron chi connectivity index (χ4n) is 2.23. The van der Waals surface area contributed by atoms with Crippen molar-refractivity contribution in [1.29, 1.82) is 0 Å². The van der Waals surface area contributed by atoms with Crippen molar-refractivity contribution in [2.75, 3.05) is 0 Å². The highest BCUT2D eigenvalue weighted by Gasteiger charge is 2.03. The van der Waals surface area contributed by atoms with Crippen LogP contribution in [0, 0.1) is 11.8 Å². The summed E-state index contributed by atoms with van der Waals surface area (Å²) >= 11 is 0. The second-order valence-electron chi connectivity index (χ2n) is 5.09. The molecule has 104 valence electrons. The predicted molar refractivity (Wildman–Crippen MR) is 87.9 cm³/mol. The van der Waals surface area contributed by atoms with Gasteiger partial charge < -0.3 is 4.98 Å². The maximum absolute atomic E-state index is 4.61. The van der Waals surface area contributed by atoms with Gasteiger partial charge >= 0.3 is 0 Å². The molecule has 2 nitrogen and oxygen atoms in total. The van der Waals surface area contributed by atoms with Crippen LogP contribution in [0.1, 0.15) is 31.7 Å². The zero-order chi connectivity index (χ0) is 14.5. The van der Waals surface area contributed by atoms with Gasteiger partial charge in [0, 0.05) is 17.5 Å². The van der Waals surface area contributed by atoms with Crippen molar-refractivity contribution in [1.82, 2.24) is 9.97 Å². The fourth-order valence-corrected chi connectivity index (χ4v) is 2.23. The first-order chi connectivity index (χ1) is 10.4. The van der Waals surface area contributed by atoms with E-state index in [0.717, 1.165) is 34.4 Å². The number of benzene rings is 2. The van der Waals surface area contributed by atoms with E-state index >= 15 is 0 Å². The van der Waals surface area contributed by atoms with Crippen LogP contribution in [0.4, 0.5) is 0 Å². The van der Waals surface area contributed by atoms with E-state index in [1.807, 2.05) is 24.3 Å². The molecular formula is C19H18N2. The summed E-state index contributed by atoms with van der Waals surface area (Å²) in [6.45, 7) is 2.18. The third-order valence-corrected chi connectivity index (χ3v) is 3.44. The lowest BCUT2D eigenvalue weighted by Crippen LogP contribution is -1.81. The summed E-state index contributed by atoms with van der Waals surface area (Å²) in [4.78, 5) is 7.95. The van der Waals surface area contributed by atoms with E-state index in [2.05, 4.69) is 53.0 Å². The number of imidazole rings is 1. The maximum Gasteiger partial charge on any atom is 0.138 e. The van der Waals surface area contributed by atoms with Crippen LogP contribution in [0.5, 0.6) is 0 Å². The molecule has 3 rings (SSSR count). The van der Waals surface area contributed by atoms with Crippen LogP contribution in [-0.4, -0.2) is 9.97 Å². The van der Waals surface area contributed by atoms with E-state index in [-0.39, 0.29) is 0 Å². The summed E-state index contributed by atoms with van der Waals surface area (Å²) in [5.74, 6) is 7.32. The highest BCUT2D eigenvalue weighted by Crippen LogP contribution is 2.20. The molecule has 0 atom stereocenters. The summed E-state index contributed by atoms with van der Waals surface area (Å²) in [5.41, 5.74) is 4.21. The zero-order valence-corrected chi connectivity index (χ0v) is 12.2. The van der Waals surface area contributed by atoms with Gasteiger partial charge in [-0.1, -0.05) is 49.5 Å². The van der Waals surface area contributed by atoms with Crippen molar-refractivity contribution in [3.8, 4) is 23.2 Å². The first-order valence-electron chi connectivity index (χ1n) is 7.41. The van der Waals surface area contributed by atoms with Gasteiger partial charge in [-0.2, -0.15) is 0 Å². The van der Waals surface area contributed by atoms with Crippen LogP contribution in [0.15, 0.2) is 48.5 Å². The molecule has 0 spiro atoms. The Morgan fingerprint density at radius 3 is 2.62 bits per heavy atom. The van der Waals surface area contributed by atoms with Gasteiger partial charge in [-0.05, 0) is 30.7 Å². The lowest BCUT2D eigenvalue weighted by molar-refractivity contribution is 0.828. The van der Waals surface area contributed by atoms with E-state index < -0.39 is 0 Å². The van der Waals surface area contributed by atoms with E-state index in [1.54, 1.807) is 0 Å². The van der Waals surface area contributed by atoms with Crippen molar-refractivity contribution >= 4 is 11.0 Å². The summed E-state index contributed by atoms with van der Waals surface area (Å²) in [7, 11) is 0. The summed E-state index contributed by atoms with van der Waals surface area (Å²) in [5, 5.41) is 0. The van der Waals surface area contributed by atoms with Crippen LogP contribution in [0.2, 0.25) is 0 Å². The van der Waals surface area contributed by atoms with Gasteiger partial charge in [0.05, 0.1) is 11.0 Å². The molecule has 0 saturated carbocycles. The molecule has 0 aliphatic carbocycles. The van der Waals surface area contributed by atoms with Gasteiger partial charge in [0.15, 0.2) is 0 Å². The molecule has 0 amide bonds. The number of nitrogens with one attached hydrogen (secondary N) is 1. The number of rotatable bonds is 3. The summed E-state index contributed by atoms with van der Waals surface area (Å²) in [6.07, 6.45) is 3.34. The first-order valence-corrected chi connectivity index (χ1v) is 7.41. The fraction of sp³-hybridized carbons (Fsp3) is 0.211. The van der Waals surface area contributed by atoms with Crippen molar-refractivity contribution in [2.45, 2.75) is 26.2 Å². The molecule has 0 saturated heterocycles. The zero-order valence-electron chi connectivity index (χ0n) is 12.2. The van der Waals surface area contributed by atoms with Crippen LogP contribution in [-0.2, 0) is 0 Å². The van der Waals surface area contributed by atoms with Gasteiger partial charge in [-0.15, -0.1) is 0 Å². The van der Waals surface area contributed by atoms with Gasteiger partial charge in [-0.3, -0.25) is 0 Å². The van der Waals surface area contributed by atoms with Gasteiger partial charge in [-0.25, -0.2) is 4.98 Å². The first kappa shape index (κ1) is 13.5. The number of aromatic amines is 1. The Kier molecular flexibility index (Phi) is 4.02. The minimum atomic E-state index is 0.904. The van der Waals surface area contributed by atoms with E-state index in [9.17, 15) is 0 Å². The number of H-pyrrole nitrogens is 1. The predicted octanol–water partition coefficient (Wildman–Crippen LogP) is 4.77. The molecule has 3 aromatic rings. The molecule has 0 radical (unpaired) electrons. The SMILES string of the molecule is CCCCC#Cc1ccc(-c2nc3ccccc3[nH]2)cc1. The lowest BCUT2D eigenvalue weighted by Gasteiger charge is -1.96. The summed E-state index contributed by atoms with van der Waals surface area (Å²) < 4.78 is 0. The second-order valence-corrected chi connectivity index (χ2v) is 5.09. The van der Waals surface area contributed by atoms with E-state index in [0.29, 0.717) is 0 Å². The molecule has 1 N–H and O–H groups in total. The molecule has 2 aromatic carbocycles. The van der Waals surface area contributed by atoms with E-state index in [1.165, 1.54) is 12.8 Å². The molecule has 0 bridgehead atoms. The Hall–Kier alpha value is -2.53. The standard InChI is InChI=1S/C19H18N2/c1-2-3-4-5-8-15-11-13-16(14-12-15)19-20-17-9-6-7-10-18(17)21-19/h6-7,9-14H,2-4H2,1H3,(H,20,21). The maximum atomic E-state index is 4.61. The molecule has 0 aliphatic rings. The van der Waals surface area contributed by atoms with Gasteiger partial charge in [0.1, 0.15) is 5.82 Å².